The van der Waals surface area contributed by atoms with E-state index in [0.29, 0.717) is 13.0 Å². The van der Waals surface area contributed by atoms with Crippen LogP contribution >= 0.6 is 0 Å². The third-order valence-electron chi connectivity index (χ3n) is 7.40. The molecule has 0 spiro atoms. The molecule has 0 rings (SSSR count). The Hall–Kier alpha value is -2.69. The van der Waals surface area contributed by atoms with Crippen LogP contribution in [0, 0.1) is 0 Å². The molecule has 0 aromatic rings. The van der Waals surface area contributed by atoms with Gasteiger partial charge in [-0.2, -0.15) is 0 Å². The maximum absolute atomic E-state index is 12.2. The second-order valence-corrected chi connectivity index (χ2v) is 11.9. The van der Waals surface area contributed by atoms with Crippen molar-refractivity contribution in [1.82, 2.24) is 0 Å². The van der Waals surface area contributed by atoms with Crippen molar-refractivity contribution in [3.05, 3.63) is 97.2 Å². The Morgan fingerprint density at radius 3 is 1.34 bits per heavy atom. The topological polar surface area (TPSA) is 55.8 Å². The molecule has 0 radical (unpaired) electrons. The molecular formula is C43H70O4. The van der Waals surface area contributed by atoms with Gasteiger partial charge in [-0.05, 0) is 83.5 Å². The van der Waals surface area contributed by atoms with E-state index >= 15 is 0 Å². The second-order valence-electron chi connectivity index (χ2n) is 11.9. The number of unbranched alkanes of at least 4 members (excludes halogenated alkanes) is 9. The van der Waals surface area contributed by atoms with E-state index in [1.54, 1.807) is 0 Å². The fourth-order valence-electron chi connectivity index (χ4n) is 4.67. The Morgan fingerprint density at radius 2 is 0.894 bits per heavy atom. The molecule has 0 bridgehead atoms. The van der Waals surface area contributed by atoms with E-state index in [9.17, 15) is 9.90 Å². The van der Waals surface area contributed by atoms with Crippen LogP contribution in [-0.4, -0.2) is 37.0 Å². The molecule has 4 nitrogen and oxygen atoms in total. The summed E-state index contributed by atoms with van der Waals surface area (Å²) in [6, 6.07) is 0. The van der Waals surface area contributed by atoms with Crippen LogP contribution in [0.1, 0.15) is 142 Å². The van der Waals surface area contributed by atoms with E-state index in [0.717, 1.165) is 83.5 Å². The molecule has 0 saturated heterocycles. The minimum atomic E-state index is -0.573. The lowest BCUT2D eigenvalue weighted by atomic mass is 10.1. The summed E-state index contributed by atoms with van der Waals surface area (Å²) in [6.45, 7) is 4.95. The van der Waals surface area contributed by atoms with Crippen LogP contribution in [0.2, 0.25) is 0 Å². The highest BCUT2D eigenvalue weighted by Gasteiger charge is 2.13. The zero-order chi connectivity index (χ0) is 34.1. The van der Waals surface area contributed by atoms with Crippen LogP contribution in [0.3, 0.4) is 0 Å². The van der Waals surface area contributed by atoms with Crippen molar-refractivity contribution >= 4 is 5.97 Å². The number of allylic oxidation sites excluding steroid dienone is 16. The summed E-state index contributed by atoms with van der Waals surface area (Å²) in [7, 11) is 0. The van der Waals surface area contributed by atoms with E-state index in [1.807, 2.05) is 0 Å². The molecule has 266 valence electrons. The minimum absolute atomic E-state index is 0.203. The van der Waals surface area contributed by atoms with Crippen molar-refractivity contribution in [2.45, 2.75) is 148 Å². The molecule has 4 heteroatoms. The molecule has 0 aliphatic rings. The lowest BCUT2D eigenvalue weighted by molar-refractivity contribution is -0.154. The Kier molecular flexibility index (Phi) is 37.2. The highest BCUT2D eigenvalue weighted by Crippen LogP contribution is 2.12. The Labute approximate surface area is 290 Å². The zero-order valence-electron chi connectivity index (χ0n) is 30.3. The number of ether oxygens (including phenoxy) is 2. The van der Waals surface area contributed by atoms with E-state index in [2.05, 4.69) is 111 Å². The van der Waals surface area contributed by atoms with Crippen LogP contribution < -0.4 is 0 Å². The van der Waals surface area contributed by atoms with Gasteiger partial charge >= 0.3 is 5.97 Å². The fourth-order valence-corrected chi connectivity index (χ4v) is 4.67. The van der Waals surface area contributed by atoms with Crippen LogP contribution in [0.15, 0.2) is 97.2 Å². The van der Waals surface area contributed by atoms with Crippen LogP contribution in [0.25, 0.3) is 0 Å². The molecule has 1 atom stereocenters. The third-order valence-corrected chi connectivity index (χ3v) is 7.40. The number of carbonyl (C=O) groups excluding carboxylic acids is 1. The minimum Gasteiger partial charge on any atom is -0.457 e. The Morgan fingerprint density at radius 1 is 0.511 bits per heavy atom. The molecule has 1 N–H and O–H groups in total. The molecule has 0 fully saturated rings. The number of hydrogen-bond acceptors (Lipinski definition) is 4. The Bertz CT molecular complexity index is 903. The van der Waals surface area contributed by atoms with Crippen LogP contribution in [0.5, 0.6) is 0 Å². The van der Waals surface area contributed by atoms with Crippen molar-refractivity contribution in [3.8, 4) is 0 Å². The smallest absolute Gasteiger partial charge is 0.306 e. The first-order valence-corrected chi connectivity index (χ1v) is 18.8. The lowest BCUT2D eigenvalue weighted by Gasteiger charge is -2.15. The van der Waals surface area contributed by atoms with Gasteiger partial charge in [-0.25, -0.2) is 0 Å². The van der Waals surface area contributed by atoms with Gasteiger partial charge in [0.15, 0.2) is 0 Å². The average molecular weight is 651 g/mol. The highest BCUT2D eigenvalue weighted by molar-refractivity contribution is 5.69. The molecule has 0 amide bonds. The normalized spacial score (nSPS) is 13.5. The summed E-state index contributed by atoms with van der Waals surface area (Å²) < 4.78 is 11.0. The molecule has 0 saturated carbocycles. The second kappa shape index (κ2) is 39.5. The number of rotatable bonds is 33. The van der Waals surface area contributed by atoms with Crippen molar-refractivity contribution in [2.24, 2.45) is 0 Å². The van der Waals surface area contributed by atoms with Gasteiger partial charge in [0.25, 0.3) is 0 Å². The van der Waals surface area contributed by atoms with Crippen molar-refractivity contribution in [2.75, 3.05) is 19.8 Å². The molecular weight excluding hydrogens is 580 g/mol. The summed E-state index contributed by atoms with van der Waals surface area (Å²) in [5.41, 5.74) is 0. The maximum Gasteiger partial charge on any atom is 0.306 e. The predicted octanol–water partition coefficient (Wildman–Crippen LogP) is 12.2. The van der Waals surface area contributed by atoms with Crippen LogP contribution in [-0.2, 0) is 14.3 Å². The van der Waals surface area contributed by atoms with Gasteiger partial charge in [-0.15, -0.1) is 0 Å². The van der Waals surface area contributed by atoms with Gasteiger partial charge in [0, 0.05) is 13.0 Å². The molecule has 0 aliphatic carbocycles. The quantitative estimate of drug-likeness (QED) is 0.0436. The van der Waals surface area contributed by atoms with Gasteiger partial charge in [0.05, 0.1) is 13.2 Å². The Balaban J connectivity index is 3.58. The van der Waals surface area contributed by atoms with Gasteiger partial charge in [-0.1, -0.05) is 150 Å². The first kappa shape index (κ1) is 44.3. The largest absolute Gasteiger partial charge is 0.457 e. The third kappa shape index (κ3) is 37.6. The zero-order valence-corrected chi connectivity index (χ0v) is 30.3. The first-order valence-electron chi connectivity index (χ1n) is 18.8. The van der Waals surface area contributed by atoms with Gasteiger partial charge < -0.3 is 14.6 Å². The maximum atomic E-state index is 12.2. The van der Waals surface area contributed by atoms with Crippen molar-refractivity contribution < 1.29 is 19.4 Å². The molecule has 47 heavy (non-hydrogen) atoms. The van der Waals surface area contributed by atoms with E-state index in [1.165, 1.54) is 38.5 Å². The average Bonchev–Trinajstić information content (AvgIpc) is 3.08. The van der Waals surface area contributed by atoms with Gasteiger partial charge in [0.1, 0.15) is 6.10 Å². The van der Waals surface area contributed by atoms with E-state index in [4.69, 9.17) is 9.47 Å². The summed E-state index contributed by atoms with van der Waals surface area (Å²) in [4.78, 5) is 12.2. The van der Waals surface area contributed by atoms with Crippen LogP contribution in [0.4, 0.5) is 0 Å². The number of carbonyl (C=O) groups is 1. The van der Waals surface area contributed by atoms with Gasteiger partial charge in [0.2, 0.25) is 0 Å². The SMILES string of the molecule is CC/C=C\C/C=C\C/C=C\C/C=C\CCCCCCCCCCC(=O)OC(CO)COCCC/C=C\C/C=C\C/C=C\C/C=C\CC. The number of aliphatic hydroxyl groups excluding tert-OH is 1. The van der Waals surface area contributed by atoms with Crippen molar-refractivity contribution in [1.29, 1.82) is 0 Å². The predicted molar refractivity (Wildman–Crippen MR) is 205 cm³/mol. The van der Waals surface area contributed by atoms with E-state index in [-0.39, 0.29) is 19.2 Å². The summed E-state index contributed by atoms with van der Waals surface area (Å²) in [5.74, 6) is -0.233. The number of hydrogen-bond donors (Lipinski definition) is 1. The fraction of sp³-hybridized carbons (Fsp3) is 0.605. The summed E-state index contributed by atoms with van der Waals surface area (Å²) in [6.07, 6.45) is 56.0. The highest BCUT2D eigenvalue weighted by atomic mass is 16.6. The molecule has 0 aromatic heterocycles. The summed E-state index contributed by atoms with van der Waals surface area (Å²) in [5, 5.41) is 9.56. The number of aliphatic hydroxyl groups is 1. The van der Waals surface area contributed by atoms with E-state index < -0.39 is 6.10 Å². The summed E-state index contributed by atoms with van der Waals surface area (Å²) >= 11 is 0. The number of esters is 1. The standard InChI is InChI=1S/C43H70O4/c1-3-5-7-9-11-13-15-17-19-20-21-22-23-24-25-26-28-30-32-34-36-38-43(45)47-42(40-44)41-46-39-37-35-33-31-29-27-18-16-14-12-10-8-6-4-2/h5-8,11-14,17-19,21-22,27,31,33,42,44H,3-4,9-10,15-16,20,23-26,28-30,32,34-41H2,1-2H3/b7-5-,8-6-,13-11-,14-12-,19-17-,22-21-,27-18-,33-31-. The molecule has 0 heterocycles. The van der Waals surface area contributed by atoms with Crippen molar-refractivity contribution in [3.63, 3.8) is 0 Å². The molecule has 0 aromatic carbocycles. The lowest BCUT2D eigenvalue weighted by Crippen LogP contribution is -2.27. The monoisotopic (exact) mass is 651 g/mol. The molecule has 1 unspecified atom stereocenters. The molecule has 0 aliphatic heterocycles. The van der Waals surface area contributed by atoms with Gasteiger partial charge in [-0.3, -0.25) is 4.79 Å². The first-order chi connectivity index (χ1) is 23.2.